The Bertz CT molecular complexity index is 2350. The Morgan fingerprint density at radius 1 is 0.359 bits per heavy atom. The maximum atomic E-state index is 10.7. The van der Waals surface area contributed by atoms with Gasteiger partial charge in [-0.1, -0.05) is 49.9 Å². The fourth-order valence-electron chi connectivity index (χ4n) is 6.19. The van der Waals surface area contributed by atoms with E-state index in [1.165, 1.54) is 51.4 Å². The predicted molar refractivity (Wildman–Crippen MR) is 239 cm³/mol. The van der Waals surface area contributed by atoms with Crippen LogP contribution in [0.2, 0.25) is 0 Å². The first-order valence-electron chi connectivity index (χ1n) is 21.4. The number of rotatable bonds is 12. The molecule has 4 N–H and O–H groups in total. The Labute approximate surface area is 462 Å². The quantitative estimate of drug-likeness (QED) is 0.0586. The zero-order valence-electron chi connectivity index (χ0n) is 39.5. The Hall–Kier alpha value is -3.72. The van der Waals surface area contributed by atoms with E-state index in [1.807, 2.05) is 73.3 Å². The van der Waals surface area contributed by atoms with E-state index < -0.39 is 62.5 Å². The van der Waals surface area contributed by atoms with Gasteiger partial charge in [0.15, 0.2) is 40.5 Å². The maximum absolute atomic E-state index is 10.7. The minimum atomic E-state index is -6.09. The van der Waals surface area contributed by atoms with Gasteiger partial charge in [-0.25, -0.2) is 33.7 Å². The molecule has 0 saturated heterocycles. The van der Waals surface area contributed by atoms with Gasteiger partial charge in [-0.3, -0.25) is 19.9 Å². The van der Waals surface area contributed by atoms with Gasteiger partial charge < -0.3 is 39.5 Å². The number of aromatic nitrogens is 4. The van der Waals surface area contributed by atoms with E-state index >= 15 is 0 Å². The third-order valence-electron chi connectivity index (χ3n) is 9.75. The predicted octanol–water partition coefficient (Wildman–Crippen LogP) is 5.54. The van der Waals surface area contributed by atoms with Crippen molar-refractivity contribution in [3.8, 4) is 0 Å². The number of hydrogen-bond donors (Lipinski definition) is 4. The number of hydrogen-bond acceptors (Lipinski definition) is 20. The van der Waals surface area contributed by atoms with Gasteiger partial charge in [0.1, 0.15) is 0 Å². The fraction of sp³-hybridized carbons (Fsp3) is 0.500. The van der Waals surface area contributed by atoms with Crippen LogP contribution < -0.4 is 21.3 Å². The van der Waals surface area contributed by atoms with Crippen LogP contribution >= 0.6 is 0 Å². The maximum Gasteiger partial charge on any atom is 2.00 e. The average molecular weight is 1320 g/mol. The first-order chi connectivity index (χ1) is 34.8. The van der Waals surface area contributed by atoms with Crippen molar-refractivity contribution in [2.75, 3.05) is 0 Å². The molecule has 2 aliphatic rings. The number of halogens is 12. The monoisotopic (exact) mass is 1310 g/mol. The van der Waals surface area contributed by atoms with E-state index in [4.69, 9.17) is 51.9 Å². The first kappa shape index (κ1) is 76.3. The second-order valence-electron chi connectivity index (χ2n) is 15.4. The molecule has 2 radical (unpaired) electrons. The Kier molecular flexibility index (Phi) is 34.5. The third kappa shape index (κ3) is 32.5. The van der Waals surface area contributed by atoms with Gasteiger partial charge in [-0.05, 0) is 74.2 Å². The largest absolute Gasteiger partial charge is 2.00 e. The SMILES string of the molecule is O=S(=O)([O-])C(F)(F)F.O=S(=O)([O-])C(F)(F)F.O=S(=O)([O-])C(F)(F)F.O=S(=O)([O-])C(F)(F)F.[Cu+2].[Cu+2].c1ccc(CN[C@@H]2CCCC[C@H]2NCc2ccccn2)nc1.c1ccc(CN[C@@H]2CCCC[C@H]2NCc2ccccn2)nc1. The van der Waals surface area contributed by atoms with Crippen LogP contribution in [0.5, 0.6) is 0 Å². The fourth-order valence-corrected chi connectivity index (χ4v) is 6.19. The molecule has 4 atom stereocenters. The van der Waals surface area contributed by atoms with Crippen LogP contribution in [0.15, 0.2) is 97.6 Å². The normalized spacial score (nSPS) is 17.9. The van der Waals surface area contributed by atoms with Crippen molar-refractivity contribution in [1.82, 2.24) is 41.2 Å². The van der Waals surface area contributed by atoms with Gasteiger partial charge in [0.05, 0.1) is 22.8 Å². The first-order valence-corrected chi connectivity index (χ1v) is 27.1. The molecule has 20 nitrogen and oxygen atoms in total. The molecule has 2 fully saturated rings. The summed E-state index contributed by atoms with van der Waals surface area (Å²) in [5.41, 5.74) is -18.2. The molecule has 0 spiro atoms. The van der Waals surface area contributed by atoms with Gasteiger partial charge in [-0.2, -0.15) is 52.7 Å². The summed E-state index contributed by atoms with van der Waals surface area (Å²) < 4.78 is 236. The molecule has 2 saturated carbocycles. The molecule has 0 amide bonds. The van der Waals surface area contributed by atoms with Crippen molar-refractivity contribution < 1.29 is 139 Å². The van der Waals surface area contributed by atoms with Crippen molar-refractivity contribution in [2.45, 2.75) is 124 Å². The topological polar surface area (TPSA) is 328 Å². The molecule has 0 bridgehead atoms. The van der Waals surface area contributed by atoms with E-state index in [9.17, 15) is 52.7 Å². The number of alkyl halides is 12. The standard InChI is InChI=1S/2C18H24N4.4CHF3O3S.2Cu/c2*1-2-10-18(22-14-16-8-4-6-12-20-16)17(9-1)21-13-15-7-3-5-11-19-15;4*2-1(3,4)8(5,6)7;;/h2*3-8,11-12,17-18,21-22H,1-2,9-10,13-14H2;4*(H,5,6,7);;/q;;;;;;2*+2/p-4/t2*17-,18-;;;;;;/m11....../s1. The van der Waals surface area contributed by atoms with Crippen LogP contribution in [0.25, 0.3) is 0 Å². The van der Waals surface area contributed by atoms with Gasteiger partial charge in [0.25, 0.3) is 0 Å². The van der Waals surface area contributed by atoms with Gasteiger partial charge in [0, 0.05) is 75.1 Å². The smallest absolute Gasteiger partial charge is 0.741 e. The summed E-state index contributed by atoms with van der Waals surface area (Å²) in [4.78, 5) is 17.6. The van der Waals surface area contributed by atoms with Gasteiger partial charge in [0.2, 0.25) is 0 Å². The molecule has 0 aliphatic heterocycles. The third-order valence-corrected chi connectivity index (χ3v) is 12.0. The molecule has 2 aliphatic carbocycles. The van der Waals surface area contributed by atoms with Crippen molar-refractivity contribution in [1.29, 1.82) is 0 Å². The van der Waals surface area contributed by atoms with Crippen LogP contribution in [0.4, 0.5) is 52.7 Å². The number of nitrogens with zero attached hydrogens (tertiary/aromatic N) is 4. The molecular formula is C40H48Cu2F12N8O12S4. The number of pyridine rings is 4. The average Bonchev–Trinajstić information content (AvgIpc) is 3.32. The van der Waals surface area contributed by atoms with E-state index in [-0.39, 0.29) is 34.1 Å². The minimum Gasteiger partial charge on any atom is -0.741 e. The molecule has 4 aromatic heterocycles. The van der Waals surface area contributed by atoms with Crippen molar-refractivity contribution in [3.05, 3.63) is 120 Å². The van der Waals surface area contributed by atoms with Crippen molar-refractivity contribution in [2.24, 2.45) is 0 Å². The molecular weight excluding hydrogens is 1270 g/mol. The number of nitrogens with one attached hydrogen (secondary N) is 4. The van der Waals surface area contributed by atoms with Crippen LogP contribution in [-0.4, -0.2) is 118 Å². The Morgan fingerprint density at radius 3 is 0.628 bits per heavy atom. The molecule has 4 heterocycles. The zero-order chi connectivity index (χ0) is 58.1. The van der Waals surface area contributed by atoms with Crippen LogP contribution in [0, 0.1) is 0 Å². The molecule has 0 unspecified atom stereocenters. The Balaban J connectivity index is 0. The van der Waals surface area contributed by atoms with Crippen LogP contribution in [-0.2, 0) is 101 Å². The summed E-state index contributed by atoms with van der Waals surface area (Å²) >= 11 is 0. The summed E-state index contributed by atoms with van der Waals surface area (Å²) in [6.45, 7) is 3.36. The molecule has 4 aromatic rings. The molecule has 450 valence electrons. The van der Waals surface area contributed by atoms with E-state index in [0.29, 0.717) is 24.2 Å². The molecule has 38 heteroatoms. The second kappa shape index (κ2) is 35.2. The van der Waals surface area contributed by atoms with Crippen molar-refractivity contribution in [3.63, 3.8) is 0 Å². The summed E-state index contributed by atoms with van der Waals surface area (Å²) in [5, 5.41) is 14.7. The molecule has 78 heavy (non-hydrogen) atoms. The van der Waals surface area contributed by atoms with E-state index in [1.54, 1.807) is 0 Å². The summed E-state index contributed by atoms with van der Waals surface area (Å²) in [6.07, 6.45) is 17.6. The van der Waals surface area contributed by atoms with Gasteiger partial charge >= 0.3 is 56.2 Å². The minimum absolute atomic E-state index is 0. The van der Waals surface area contributed by atoms with Gasteiger partial charge in [-0.15, -0.1) is 0 Å². The summed E-state index contributed by atoms with van der Waals surface area (Å²) in [7, 11) is -24.4. The second-order valence-corrected chi connectivity index (χ2v) is 20.9. The van der Waals surface area contributed by atoms with Crippen LogP contribution in [0.3, 0.4) is 0 Å². The van der Waals surface area contributed by atoms with E-state index in [2.05, 4.69) is 65.5 Å². The van der Waals surface area contributed by atoms with Crippen molar-refractivity contribution >= 4 is 40.5 Å². The molecule has 6 rings (SSSR count). The zero-order valence-corrected chi connectivity index (χ0v) is 44.6. The summed E-state index contributed by atoms with van der Waals surface area (Å²) in [6, 6.07) is 26.4. The van der Waals surface area contributed by atoms with Crippen LogP contribution in [0.1, 0.15) is 74.1 Å². The Morgan fingerprint density at radius 2 is 0.513 bits per heavy atom. The molecule has 0 aromatic carbocycles. The summed E-state index contributed by atoms with van der Waals surface area (Å²) in [5.74, 6) is 0. The van der Waals surface area contributed by atoms with E-state index in [0.717, 1.165) is 49.0 Å².